The van der Waals surface area contributed by atoms with Crippen LogP contribution in [0.4, 0.5) is 5.69 Å². The molecule has 0 radical (unpaired) electrons. The quantitative estimate of drug-likeness (QED) is 0.665. The molecule has 10 heteroatoms. The standard InChI is InChI=1S/C21H30N4O5S/c1-16(26)25-19-5-4-18(31(28,29)24-10-12-30-13-11-24)14-17(19)15-20(25)21(27)22-6-9-23-7-2-3-8-23/h4-5,14,20H,2-3,6-13,15H2,1H3,(H,22,27). The lowest BCUT2D eigenvalue weighted by atomic mass is 10.1. The van der Waals surface area contributed by atoms with Crippen molar-refractivity contribution in [2.24, 2.45) is 0 Å². The summed E-state index contributed by atoms with van der Waals surface area (Å²) >= 11 is 0. The highest BCUT2D eigenvalue weighted by Gasteiger charge is 2.38. The molecule has 31 heavy (non-hydrogen) atoms. The number of sulfonamides is 1. The van der Waals surface area contributed by atoms with Gasteiger partial charge in [0.05, 0.1) is 18.1 Å². The molecule has 3 aliphatic heterocycles. The third-order valence-electron chi connectivity index (χ3n) is 6.21. The Labute approximate surface area is 183 Å². The van der Waals surface area contributed by atoms with Crippen LogP contribution in [0.15, 0.2) is 23.1 Å². The molecule has 9 nitrogen and oxygen atoms in total. The van der Waals surface area contributed by atoms with Crippen LogP contribution < -0.4 is 10.2 Å². The number of hydrogen-bond donors (Lipinski definition) is 1. The number of morpholine rings is 1. The first-order chi connectivity index (χ1) is 14.9. The number of rotatable bonds is 6. The monoisotopic (exact) mass is 450 g/mol. The molecule has 0 aromatic heterocycles. The number of carbonyl (C=O) groups is 2. The molecule has 4 rings (SSSR count). The maximum Gasteiger partial charge on any atom is 0.243 e. The van der Waals surface area contributed by atoms with Crippen LogP contribution in [0.1, 0.15) is 25.3 Å². The number of benzene rings is 1. The Morgan fingerprint density at radius 3 is 2.52 bits per heavy atom. The minimum absolute atomic E-state index is 0.187. The zero-order chi connectivity index (χ0) is 22.0. The number of amides is 2. The summed E-state index contributed by atoms with van der Waals surface area (Å²) in [5, 5.41) is 2.95. The molecule has 1 aromatic carbocycles. The van der Waals surface area contributed by atoms with Gasteiger partial charge in [-0.2, -0.15) is 4.31 Å². The van der Waals surface area contributed by atoms with Crippen molar-refractivity contribution in [3.63, 3.8) is 0 Å². The molecule has 1 aromatic rings. The molecular weight excluding hydrogens is 420 g/mol. The first kappa shape index (κ1) is 22.2. The van der Waals surface area contributed by atoms with Gasteiger partial charge in [0.2, 0.25) is 21.8 Å². The topological polar surface area (TPSA) is 99.3 Å². The normalized spacial score (nSPS) is 22.5. The predicted molar refractivity (Wildman–Crippen MR) is 115 cm³/mol. The number of hydrogen-bond acceptors (Lipinski definition) is 6. The summed E-state index contributed by atoms with van der Waals surface area (Å²) in [6.07, 6.45) is 2.69. The van der Waals surface area contributed by atoms with Crippen molar-refractivity contribution in [3.05, 3.63) is 23.8 Å². The van der Waals surface area contributed by atoms with E-state index in [4.69, 9.17) is 4.74 Å². The molecule has 2 fully saturated rings. The molecule has 3 aliphatic rings. The van der Waals surface area contributed by atoms with Crippen molar-refractivity contribution < 1.29 is 22.7 Å². The van der Waals surface area contributed by atoms with Crippen LogP contribution >= 0.6 is 0 Å². The number of anilines is 1. The van der Waals surface area contributed by atoms with Crippen LogP contribution in [0.2, 0.25) is 0 Å². The second kappa shape index (κ2) is 9.23. The summed E-state index contributed by atoms with van der Waals surface area (Å²) in [6.45, 7) is 6.28. The van der Waals surface area contributed by atoms with Crippen LogP contribution in [0.5, 0.6) is 0 Å². The number of nitrogens with one attached hydrogen (secondary N) is 1. The highest BCUT2D eigenvalue weighted by atomic mass is 32.2. The van der Waals surface area contributed by atoms with Gasteiger partial charge in [0.15, 0.2) is 0 Å². The Morgan fingerprint density at radius 1 is 1.13 bits per heavy atom. The fourth-order valence-corrected chi connectivity index (χ4v) is 6.04. The fourth-order valence-electron chi connectivity index (χ4n) is 4.58. The van der Waals surface area contributed by atoms with Crippen LogP contribution in [0, 0.1) is 0 Å². The molecule has 1 N–H and O–H groups in total. The van der Waals surface area contributed by atoms with Crippen molar-refractivity contribution in [2.45, 2.75) is 37.1 Å². The second-order valence-electron chi connectivity index (χ2n) is 8.26. The number of nitrogens with zero attached hydrogens (tertiary/aromatic N) is 3. The smallest absolute Gasteiger partial charge is 0.243 e. The van der Waals surface area contributed by atoms with E-state index in [-0.39, 0.29) is 16.7 Å². The van der Waals surface area contributed by atoms with E-state index in [0.717, 1.165) is 19.6 Å². The largest absolute Gasteiger partial charge is 0.379 e. The zero-order valence-electron chi connectivity index (χ0n) is 17.9. The lowest BCUT2D eigenvalue weighted by molar-refractivity contribution is -0.125. The highest BCUT2D eigenvalue weighted by molar-refractivity contribution is 7.89. The lowest BCUT2D eigenvalue weighted by Crippen LogP contribution is -2.48. The number of fused-ring (bicyclic) bond motifs is 1. The third-order valence-corrected chi connectivity index (χ3v) is 8.11. The van der Waals surface area contributed by atoms with Gasteiger partial charge < -0.3 is 15.0 Å². The number of likely N-dealkylation sites (tertiary alicyclic amines) is 1. The van der Waals surface area contributed by atoms with Gasteiger partial charge in [-0.15, -0.1) is 0 Å². The molecule has 1 unspecified atom stereocenters. The first-order valence-electron chi connectivity index (χ1n) is 10.9. The number of ether oxygens (including phenoxy) is 1. The van der Waals surface area contributed by atoms with Gasteiger partial charge in [0.1, 0.15) is 6.04 Å². The lowest BCUT2D eigenvalue weighted by Gasteiger charge is -2.26. The average molecular weight is 451 g/mol. The molecular formula is C21H30N4O5S. The summed E-state index contributed by atoms with van der Waals surface area (Å²) in [5.74, 6) is -0.439. The van der Waals surface area contributed by atoms with Gasteiger partial charge in [-0.1, -0.05) is 0 Å². The van der Waals surface area contributed by atoms with E-state index in [0.29, 0.717) is 50.5 Å². The van der Waals surface area contributed by atoms with Gasteiger partial charge in [-0.25, -0.2) is 8.42 Å². The van der Waals surface area contributed by atoms with E-state index < -0.39 is 16.1 Å². The predicted octanol–water partition coefficient (Wildman–Crippen LogP) is 0.197. The zero-order valence-corrected chi connectivity index (χ0v) is 18.7. The molecule has 0 aliphatic carbocycles. The number of carbonyl (C=O) groups excluding carboxylic acids is 2. The Bertz CT molecular complexity index is 939. The maximum absolute atomic E-state index is 13.0. The molecule has 3 heterocycles. The summed E-state index contributed by atoms with van der Waals surface area (Å²) < 4.78 is 32.6. The van der Waals surface area contributed by atoms with Gasteiger partial charge >= 0.3 is 0 Å². The fraction of sp³-hybridized carbons (Fsp3) is 0.619. The highest BCUT2D eigenvalue weighted by Crippen LogP contribution is 2.35. The molecule has 170 valence electrons. The first-order valence-corrected chi connectivity index (χ1v) is 12.3. The Balaban J connectivity index is 1.48. The Hall–Kier alpha value is -2.01. The van der Waals surface area contributed by atoms with E-state index in [9.17, 15) is 18.0 Å². The summed E-state index contributed by atoms with van der Waals surface area (Å²) in [7, 11) is -3.64. The van der Waals surface area contributed by atoms with Crippen LogP contribution in [0.25, 0.3) is 0 Å². The van der Waals surface area contributed by atoms with E-state index in [1.807, 2.05) is 0 Å². The summed E-state index contributed by atoms with van der Waals surface area (Å²) in [4.78, 5) is 29.2. The maximum atomic E-state index is 13.0. The van der Waals surface area contributed by atoms with Gasteiger partial charge in [0, 0.05) is 45.2 Å². The van der Waals surface area contributed by atoms with Gasteiger partial charge in [-0.05, 0) is 49.7 Å². The van der Waals surface area contributed by atoms with E-state index in [1.54, 1.807) is 12.1 Å². The molecule has 1 atom stereocenters. The van der Waals surface area contributed by atoms with E-state index in [2.05, 4.69) is 10.2 Å². The van der Waals surface area contributed by atoms with Crippen LogP contribution in [-0.2, 0) is 30.8 Å². The summed E-state index contributed by atoms with van der Waals surface area (Å²) in [5.41, 5.74) is 1.30. The van der Waals surface area contributed by atoms with E-state index >= 15 is 0 Å². The minimum Gasteiger partial charge on any atom is -0.379 e. The molecule has 0 bridgehead atoms. The van der Waals surface area contributed by atoms with Crippen molar-refractivity contribution in [3.8, 4) is 0 Å². The van der Waals surface area contributed by atoms with Crippen LogP contribution in [0.3, 0.4) is 0 Å². The van der Waals surface area contributed by atoms with Crippen molar-refractivity contribution in [2.75, 3.05) is 57.4 Å². The molecule has 2 amide bonds. The molecule has 2 saturated heterocycles. The Morgan fingerprint density at radius 2 is 1.84 bits per heavy atom. The second-order valence-corrected chi connectivity index (χ2v) is 10.2. The van der Waals surface area contributed by atoms with Crippen molar-refractivity contribution >= 4 is 27.5 Å². The van der Waals surface area contributed by atoms with Crippen molar-refractivity contribution in [1.29, 1.82) is 0 Å². The third kappa shape index (κ3) is 4.62. The minimum atomic E-state index is -3.64. The van der Waals surface area contributed by atoms with Crippen molar-refractivity contribution in [1.82, 2.24) is 14.5 Å². The summed E-state index contributed by atoms with van der Waals surface area (Å²) in [6, 6.07) is 4.11. The SMILES string of the molecule is CC(=O)N1c2ccc(S(=O)(=O)N3CCOCC3)cc2CC1C(=O)NCCN1CCCC1. The van der Waals surface area contributed by atoms with Gasteiger partial charge in [0.25, 0.3) is 0 Å². The average Bonchev–Trinajstić information content (AvgIpc) is 3.41. The molecule has 0 spiro atoms. The van der Waals surface area contributed by atoms with E-state index in [1.165, 1.54) is 35.0 Å². The molecule has 0 saturated carbocycles. The Kier molecular flexibility index (Phi) is 6.61. The van der Waals surface area contributed by atoms with Gasteiger partial charge in [-0.3, -0.25) is 14.5 Å². The van der Waals surface area contributed by atoms with Crippen LogP contribution in [-0.4, -0.2) is 88.0 Å².